The van der Waals surface area contributed by atoms with Crippen molar-refractivity contribution in [2.75, 3.05) is 19.0 Å². The van der Waals surface area contributed by atoms with Crippen LogP contribution in [0.15, 0.2) is 48.8 Å². The van der Waals surface area contributed by atoms with Crippen molar-refractivity contribution >= 4 is 23.3 Å². The number of amides is 1. The normalized spacial score (nSPS) is 10.6. The standard InChI is InChI=1S/C21H21N5O6/c1-13(2)20-15(11-23-25(20)18-6-4-5-9-22-18)21(28)32-12-19(27)24-16-8-7-14(26(29)30)10-17(16)31-3/h4-11,13H,12H2,1-3H3,(H,24,27). The molecule has 2 heterocycles. The van der Waals surface area contributed by atoms with Gasteiger partial charge in [-0.2, -0.15) is 5.10 Å². The zero-order chi connectivity index (χ0) is 23.3. The van der Waals surface area contributed by atoms with E-state index in [1.54, 1.807) is 23.0 Å². The highest BCUT2D eigenvalue weighted by Gasteiger charge is 2.23. The third-order valence-electron chi connectivity index (χ3n) is 4.44. The van der Waals surface area contributed by atoms with E-state index >= 15 is 0 Å². The Balaban J connectivity index is 1.70. The lowest BCUT2D eigenvalue weighted by Crippen LogP contribution is -2.22. The number of nitrogens with zero attached hydrogens (tertiary/aromatic N) is 4. The molecular formula is C21H21N5O6. The maximum atomic E-state index is 12.6. The summed E-state index contributed by atoms with van der Waals surface area (Å²) in [5, 5.41) is 17.6. The molecule has 0 radical (unpaired) electrons. The average molecular weight is 439 g/mol. The number of rotatable bonds is 8. The number of hydrogen-bond acceptors (Lipinski definition) is 8. The highest BCUT2D eigenvalue weighted by molar-refractivity contribution is 5.96. The van der Waals surface area contributed by atoms with Crippen LogP contribution >= 0.6 is 0 Å². The van der Waals surface area contributed by atoms with Crippen LogP contribution in [0.1, 0.15) is 35.8 Å². The lowest BCUT2D eigenvalue weighted by molar-refractivity contribution is -0.384. The van der Waals surface area contributed by atoms with E-state index in [2.05, 4.69) is 15.4 Å². The van der Waals surface area contributed by atoms with Crippen molar-refractivity contribution in [3.8, 4) is 11.6 Å². The number of nitro groups is 1. The van der Waals surface area contributed by atoms with Crippen molar-refractivity contribution in [1.82, 2.24) is 14.8 Å². The number of carbonyl (C=O) groups excluding carboxylic acids is 2. The Morgan fingerprint density at radius 3 is 2.66 bits per heavy atom. The van der Waals surface area contributed by atoms with Gasteiger partial charge in [0.15, 0.2) is 12.4 Å². The predicted octanol–water partition coefficient (Wildman–Crippen LogP) is 3.10. The molecule has 11 nitrogen and oxygen atoms in total. The molecule has 0 aliphatic rings. The van der Waals surface area contributed by atoms with E-state index in [0.29, 0.717) is 11.5 Å². The van der Waals surface area contributed by atoms with Crippen molar-refractivity contribution < 1.29 is 24.0 Å². The fourth-order valence-electron chi connectivity index (χ4n) is 3.02. The number of nitrogens with one attached hydrogen (secondary N) is 1. The molecule has 1 aromatic carbocycles. The van der Waals surface area contributed by atoms with Crippen LogP contribution < -0.4 is 10.1 Å². The molecule has 3 rings (SSSR count). The number of non-ortho nitro benzene ring substituents is 1. The van der Waals surface area contributed by atoms with Crippen molar-refractivity contribution in [1.29, 1.82) is 0 Å². The first-order chi connectivity index (χ1) is 15.3. The summed E-state index contributed by atoms with van der Waals surface area (Å²) in [6.45, 7) is 3.24. The zero-order valence-corrected chi connectivity index (χ0v) is 17.6. The Morgan fingerprint density at radius 1 is 1.25 bits per heavy atom. The molecule has 0 aliphatic carbocycles. The van der Waals surface area contributed by atoms with Crippen molar-refractivity contribution in [3.05, 3.63) is 70.2 Å². The maximum Gasteiger partial charge on any atom is 0.342 e. The summed E-state index contributed by atoms with van der Waals surface area (Å²) in [4.78, 5) is 39.5. The van der Waals surface area contributed by atoms with Gasteiger partial charge in [0.25, 0.3) is 11.6 Å². The Hall–Kier alpha value is -4.28. The topological polar surface area (TPSA) is 138 Å². The van der Waals surface area contributed by atoms with Gasteiger partial charge in [0, 0.05) is 12.3 Å². The fourth-order valence-corrected chi connectivity index (χ4v) is 3.02. The molecular weight excluding hydrogens is 418 g/mol. The summed E-state index contributed by atoms with van der Waals surface area (Å²) >= 11 is 0. The van der Waals surface area contributed by atoms with E-state index in [1.165, 1.54) is 31.5 Å². The second-order valence-electron chi connectivity index (χ2n) is 6.96. The first kappa shape index (κ1) is 22.4. The highest BCUT2D eigenvalue weighted by Crippen LogP contribution is 2.29. The number of benzene rings is 1. The quantitative estimate of drug-likeness (QED) is 0.321. The number of ether oxygens (including phenoxy) is 2. The molecule has 0 saturated heterocycles. The molecule has 0 atom stereocenters. The lowest BCUT2D eigenvalue weighted by Gasteiger charge is -2.12. The largest absolute Gasteiger partial charge is 0.494 e. The number of nitro benzene ring substituents is 1. The van der Waals surface area contributed by atoms with E-state index in [-0.39, 0.29) is 28.6 Å². The SMILES string of the molecule is COc1cc([N+](=O)[O-])ccc1NC(=O)COC(=O)c1cnn(-c2ccccn2)c1C(C)C. The minimum absolute atomic E-state index is 0.0692. The first-order valence-corrected chi connectivity index (χ1v) is 9.60. The van der Waals surface area contributed by atoms with Gasteiger partial charge in [0.05, 0.1) is 35.7 Å². The smallest absolute Gasteiger partial charge is 0.342 e. The van der Waals surface area contributed by atoms with Crippen LogP contribution in [-0.2, 0) is 9.53 Å². The fraction of sp³-hybridized carbons (Fsp3) is 0.238. The average Bonchev–Trinajstić information content (AvgIpc) is 3.24. The highest BCUT2D eigenvalue weighted by atomic mass is 16.6. The van der Waals surface area contributed by atoms with Crippen molar-refractivity contribution in [3.63, 3.8) is 0 Å². The van der Waals surface area contributed by atoms with Crippen LogP contribution in [-0.4, -0.2) is 45.3 Å². The van der Waals surface area contributed by atoms with Crippen LogP contribution in [0.5, 0.6) is 5.75 Å². The lowest BCUT2D eigenvalue weighted by atomic mass is 10.1. The molecule has 1 N–H and O–H groups in total. The molecule has 0 saturated carbocycles. The molecule has 0 spiro atoms. The first-order valence-electron chi connectivity index (χ1n) is 9.60. The molecule has 166 valence electrons. The molecule has 0 aliphatic heterocycles. The van der Waals surface area contributed by atoms with Gasteiger partial charge >= 0.3 is 5.97 Å². The van der Waals surface area contributed by atoms with E-state index < -0.39 is 23.4 Å². The van der Waals surface area contributed by atoms with Gasteiger partial charge in [-0.05, 0) is 24.1 Å². The summed E-state index contributed by atoms with van der Waals surface area (Å²) < 4.78 is 11.8. The van der Waals surface area contributed by atoms with Crippen molar-refractivity contribution in [2.45, 2.75) is 19.8 Å². The molecule has 2 aromatic heterocycles. The maximum absolute atomic E-state index is 12.6. The van der Waals surface area contributed by atoms with Gasteiger partial charge in [0.1, 0.15) is 11.3 Å². The van der Waals surface area contributed by atoms with E-state index in [9.17, 15) is 19.7 Å². The van der Waals surface area contributed by atoms with Gasteiger partial charge < -0.3 is 14.8 Å². The van der Waals surface area contributed by atoms with Gasteiger partial charge in [-0.3, -0.25) is 14.9 Å². The van der Waals surface area contributed by atoms with Gasteiger partial charge in [-0.25, -0.2) is 14.5 Å². The van der Waals surface area contributed by atoms with Crippen LogP contribution in [0, 0.1) is 10.1 Å². The number of carbonyl (C=O) groups is 2. The summed E-state index contributed by atoms with van der Waals surface area (Å²) in [5.74, 6) is -0.744. The minimum Gasteiger partial charge on any atom is -0.494 e. The van der Waals surface area contributed by atoms with E-state index in [1.807, 2.05) is 19.9 Å². The zero-order valence-electron chi connectivity index (χ0n) is 17.6. The summed E-state index contributed by atoms with van der Waals surface area (Å²) in [6, 6.07) is 9.09. The number of aromatic nitrogens is 3. The van der Waals surface area contributed by atoms with Gasteiger partial charge in [0.2, 0.25) is 0 Å². The monoisotopic (exact) mass is 439 g/mol. The molecule has 1 amide bonds. The van der Waals surface area contributed by atoms with E-state index in [0.717, 1.165) is 0 Å². The Bertz CT molecular complexity index is 1140. The number of hydrogen-bond donors (Lipinski definition) is 1. The second kappa shape index (κ2) is 9.69. The third-order valence-corrected chi connectivity index (χ3v) is 4.44. The number of anilines is 1. The van der Waals surface area contributed by atoms with Crippen LogP contribution in [0.3, 0.4) is 0 Å². The molecule has 3 aromatic rings. The number of esters is 1. The van der Waals surface area contributed by atoms with Crippen LogP contribution in [0.25, 0.3) is 5.82 Å². The van der Waals surface area contributed by atoms with Gasteiger partial charge in [-0.15, -0.1) is 0 Å². The Labute approximate surface area is 183 Å². The Kier molecular flexibility index (Phi) is 6.78. The van der Waals surface area contributed by atoms with Gasteiger partial charge in [-0.1, -0.05) is 19.9 Å². The summed E-state index contributed by atoms with van der Waals surface area (Å²) in [6.07, 6.45) is 3.00. The second-order valence-corrected chi connectivity index (χ2v) is 6.96. The molecule has 0 unspecified atom stereocenters. The minimum atomic E-state index is -0.707. The van der Waals surface area contributed by atoms with Crippen LogP contribution in [0.4, 0.5) is 11.4 Å². The molecule has 11 heteroatoms. The van der Waals surface area contributed by atoms with E-state index in [4.69, 9.17) is 9.47 Å². The Morgan fingerprint density at radius 2 is 2.03 bits per heavy atom. The third kappa shape index (κ3) is 4.89. The molecule has 32 heavy (non-hydrogen) atoms. The predicted molar refractivity (Wildman–Crippen MR) is 114 cm³/mol. The molecule has 0 fully saturated rings. The number of methoxy groups -OCH3 is 1. The van der Waals surface area contributed by atoms with Crippen molar-refractivity contribution in [2.24, 2.45) is 0 Å². The number of pyridine rings is 1. The molecule has 0 bridgehead atoms. The summed E-state index contributed by atoms with van der Waals surface area (Å²) in [7, 11) is 1.32. The summed E-state index contributed by atoms with van der Waals surface area (Å²) in [5.41, 5.74) is 0.861. The van der Waals surface area contributed by atoms with Crippen LogP contribution in [0.2, 0.25) is 0 Å².